The van der Waals surface area contributed by atoms with E-state index in [2.05, 4.69) is 18.8 Å². The van der Waals surface area contributed by atoms with Crippen molar-refractivity contribution in [2.75, 3.05) is 0 Å². The van der Waals surface area contributed by atoms with E-state index < -0.39 is 0 Å². The lowest BCUT2D eigenvalue weighted by molar-refractivity contribution is 0.103. The van der Waals surface area contributed by atoms with Crippen molar-refractivity contribution in [3.8, 4) is 0 Å². The summed E-state index contributed by atoms with van der Waals surface area (Å²) in [6, 6.07) is 9.61. The van der Waals surface area contributed by atoms with Gasteiger partial charge in [0.15, 0.2) is 5.78 Å². The Morgan fingerprint density at radius 3 is 2.25 bits per heavy atom. The van der Waals surface area contributed by atoms with Crippen LogP contribution < -0.4 is 0 Å². The molecule has 0 bridgehead atoms. The molecule has 0 aliphatic rings. The van der Waals surface area contributed by atoms with Gasteiger partial charge in [-0.05, 0) is 17.5 Å². The number of hydrogen-bond donors (Lipinski definition) is 1. The van der Waals surface area contributed by atoms with Gasteiger partial charge in [-0.2, -0.15) is 0 Å². The Labute approximate surface area is 95.3 Å². The van der Waals surface area contributed by atoms with Crippen molar-refractivity contribution in [1.82, 2.24) is 4.98 Å². The van der Waals surface area contributed by atoms with Gasteiger partial charge in [0.05, 0.1) is 0 Å². The minimum atomic E-state index is 0.0663. The van der Waals surface area contributed by atoms with E-state index >= 15 is 0 Å². The maximum atomic E-state index is 12.0. The predicted molar refractivity (Wildman–Crippen MR) is 64.8 cm³/mol. The quantitative estimate of drug-likeness (QED) is 0.779. The number of nitrogens with one attached hydrogen (secondary N) is 1. The molecule has 2 rings (SSSR count). The third kappa shape index (κ3) is 2.06. The number of rotatable bonds is 3. The van der Waals surface area contributed by atoms with Gasteiger partial charge in [0, 0.05) is 23.5 Å². The second kappa shape index (κ2) is 4.35. The predicted octanol–water partition coefficient (Wildman–Crippen LogP) is 3.37. The normalized spacial score (nSPS) is 10.7. The molecule has 0 aliphatic carbocycles. The first-order valence-electron chi connectivity index (χ1n) is 5.46. The SMILES string of the molecule is CC(C)c1ccc(C(=O)c2cc[nH]c2)cc1. The van der Waals surface area contributed by atoms with Crippen LogP contribution in [0.1, 0.15) is 41.3 Å². The molecule has 0 fully saturated rings. The third-order valence-corrected chi connectivity index (χ3v) is 2.70. The number of carbonyl (C=O) groups is 1. The highest BCUT2D eigenvalue weighted by Gasteiger charge is 2.09. The summed E-state index contributed by atoms with van der Waals surface area (Å²) in [5, 5.41) is 0. The fourth-order valence-corrected chi connectivity index (χ4v) is 1.65. The molecule has 0 saturated heterocycles. The molecule has 0 atom stereocenters. The molecule has 2 heteroatoms. The highest BCUT2D eigenvalue weighted by Crippen LogP contribution is 2.16. The second-order valence-corrected chi connectivity index (χ2v) is 4.21. The number of hydrogen-bond acceptors (Lipinski definition) is 1. The van der Waals surface area contributed by atoms with E-state index in [1.165, 1.54) is 5.56 Å². The lowest BCUT2D eigenvalue weighted by atomic mass is 9.99. The van der Waals surface area contributed by atoms with Crippen LogP contribution >= 0.6 is 0 Å². The van der Waals surface area contributed by atoms with Gasteiger partial charge in [0.1, 0.15) is 0 Å². The van der Waals surface area contributed by atoms with Gasteiger partial charge in [-0.15, -0.1) is 0 Å². The molecule has 2 aromatic rings. The highest BCUT2D eigenvalue weighted by molar-refractivity contribution is 6.08. The number of carbonyl (C=O) groups excluding carboxylic acids is 1. The average molecular weight is 213 g/mol. The van der Waals surface area contributed by atoms with Crippen LogP contribution in [0.25, 0.3) is 0 Å². The first-order chi connectivity index (χ1) is 7.68. The Morgan fingerprint density at radius 2 is 1.75 bits per heavy atom. The summed E-state index contributed by atoms with van der Waals surface area (Å²) in [4.78, 5) is 14.9. The van der Waals surface area contributed by atoms with E-state index in [-0.39, 0.29) is 5.78 Å². The summed E-state index contributed by atoms with van der Waals surface area (Å²) in [5.41, 5.74) is 2.70. The lowest BCUT2D eigenvalue weighted by Crippen LogP contribution is -2.00. The van der Waals surface area contributed by atoms with Crippen LogP contribution in [-0.4, -0.2) is 10.8 Å². The maximum absolute atomic E-state index is 12.0. The Bertz CT molecular complexity index is 466. The molecule has 1 aromatic carbocycles. The number of aromatic nitrogens is 1. The van der Waals surface area contributed by atoms with Gasteiger partial charge in [0.2, 0.25) is 0 Å². The van der Waals surface area contributed by atoms with Crippen LogP contribution in [0.4, 0.5) is 0 Å². The third-order valence-electron chi connectivity index (χ3n) is 2.70. The minimum Gasteiger partial charge on any atom is -0.367 e. The molecule has 0 radical (unpaired) electrons. The first kappa shape index (κ1) is 10.7. The Kier molecular flexibility index (Phi) is 2.91. The van der Waals surface area contributed by atoms with E-state index in [0.29, 0.717) is 11.5 Å². The van der Waals surface area contributed by atoms with Crippen molar-refractivity contribution in [3.63, 3.8) is 0 Å². The average Bonchev–Trinajstić information content (AvgIpc) is 2.81. The molecule has 1 aromatic heterocycles. The highest BCUT2D eigenvalue weighted by atomic mass is 16.1. The zero-order valence-electron chi connectivity index (χ0n) is 9.53. The van der Waals surface area contributed by atoms with Crippen molar-refractivity contribution in [1.29, 1.82) is 0 Å². The van der Waals surface area contributed by atoms with Gasteiger partial charge in [0.25, 0.3) is 0 Å². The van der Waals surface area contributed by atoms with Crippen LogP contribution in [0, 0.1) is 0 Å². The van der Waals surface area contributed by atoms with Crippen LogP contribution in [0.3, 0.4) is 0 Å². The molecular weight excluding hydrogens is 198 g/mol. The van der Waals surface area contributed by atoms with Crippen LogP contribution in [0.15, 0.2) is 42.7 Å². The smallest absolute Gasteiger partial charge is 0.194 e. The molecule has 1 heterocycles. The number of aromatic amines is 1. The van der Waals surface area contributed by atoms with E-state index in [9.17, 15) is 4.79 Å². The number of ketones is 1. The number of benzene rings is 1. The van der Waals surface area contributed by atoms with E-state index in [0.717, 1.165) is 5.56 Å². The van der Waals surface area contributed by atoms with Crippen molar-refractivity contribution < 1.29 is 4.79 Å². The zero-order chi connectivity index (χ0) is 11.5. The standard InChI is InChI=1S/C14H15NO/c1-10(2)11-3-5-12(6-4-11)14(16)13-7-8-15-9-13/h3-10,15H,1-2H3. The Hall–Kier alpha value is -1.83. The first-order valence-corrected chi connectivity index (χ1v) is 5.46. The molecular formula is C14H15NO. The number of H-pyrrole nitrogens is 1. The van der Waals surface area contributed by atoms with Crippen molar-refractivity contribution in [2.24, 2.45) is 0 Å². The van der Waals surface area contributed by atoms with Gasteiger partial charge in [-0.1, -0.05) is 38.1 Å². The summed E-state index contributed by atoms with van der Waals surface area (Å²) < 4.78 is 0. The molecule has 0 amide bonds. The van der Waals surface area contributed by atoms with Gasteiger partial charge in [-0.3, -0.25) is 4.79 Å². The lowest BCUT2D eigenvalue weighted by Gasteiger charge is -2.05. The monoisotopic (exact) mass is 213 g/mol. The van der Waals surface area contributed by atoms with Gasteiger partial charge in [-0.25, -0.2) is 0 Å². The van der Waals surface area contributed by atoms with Crippen molar-refractivity contribution >= 4 is 5.78 Å². The molecule has 1 N–H and O–H groups in total. The topological polar surface area (TPSA) is 32.9 Å². The molecule has 0 spiro atoms. The molecule has 0 unspecified atom stereocenters. The molecule has 82 valence electrons. The Morgan fingerprint density at radius 1 is 1.06 bits per heavy atom. The van der Waals surface area contributed by atoms with Crippen LogP contribution in [0.2, 0.25) is 0 Å². The van der Waals surface area contributed by atoms with Crippen molar-refractivity contribution in [3.05, 3.63) is 59.4 Å². The molecule has 0 saturated carbocycles. The Balaban J connectivity index is 2.25. The van der Waals surface area contributed by atoms with Crippen molar-refractivity contribution in [2.45, 2.75) is 19.8 Å². The largest absolute Gasteiger partial charge is 0.367 e. The summed E-state index contributed by atoms with van der Waals surface area (Å²) in [5.74, 6) is 0.563. The second-order valence-electron chi connectivity index (χ2n) is 4.21. The van der Waals surface area contributed by atoms with E-state index in [4.69, 9.17) is 0 Å². The summed E-state index contributed by atoms with van der Waals surface area (Å²) in [6.07, 6.45) is 3.48. The van der Waals surface area contributed by atoms with E-state index in [1.807, 2.05) is 24.3 Å². The van der Waals surface area contributed by atoms with Crippen LogP contribution in [-0.2, 0) is 0 Å². The molecule has 16 heavy (non-hydrogen) atoms. The summed E-state index contributed by atoms with van der Waals surface area (Å²) in [6.45, 7) is 4.28. The fraction of sp³-hybridized carbons (Fsp3) is 0.214. The van der Waals surface area contributed by atoms with Gasteiger partial charge < -0.3 is 4.98 Å². The van der Waals surface area contributed by atoms with E-state index in [1.54, 1.807) is 18.5 Å². The zero-order valence-corrected chi connectivity index (χ0v) is 9.53. The molecule has 2 nitrogen and oxygen atoms in total. The summed E-state index contributed by atoms with van der Waals surface area (Å²) >= 11 is 0. The minimum absolute atomic E-state index is 0.0663. The molecule has 0 aliphatic heterocycles. The fourth-order valence-electron chi connectivity index (χ4n) is 1.65. The van der Waals surface area contributed by atoms with Crippen LogP contribution in [0.5, 0.6) is 0 Å². The maximum Gasteiger partial charge on any atom is 0.194 e. The van der Waals surface area contributed by atoms with Gasteiger partial charge >= 0.3 is 0 Å². The summed E-state index contributed by atoms with van der Waals surface area (Å²) in [7, 11) is 0.